The van der Waals surface area contributed by atoms with Gasteiger partial charge in [-0.25, -0.2) is 8.42 Å². The summed E-state index contributed by atoms with van der Waals surface area (Å²) in [7, 11) is -3.47. The predicted octanol–water partition coefficient (Wildman–Crippen LogP) is 1.96. The molecule has 2 aliphatic heterocycles. The second-order valence-electron chi connectivity index (χ2n) is 7.20. The van der Waals surface area contributed by atoms with Gasteiger partial charge in [0, 0.05) is 30.6 Å². The SMILES string of the molecule is CC1NCCCC1NC(=O)CCCCCN=C1NS(=O)(=O)c2ccccc21.Cl. The number of carbonyl (C=O) groups is 1. The van der Waals surface area contributed by atoms with E-state index in [9.17, 15) is 13.2 Å². The third-order valence-electron chi connectivity index (χ3n) is 5.10. The van der Waals surface area contributed by atoms with E-state index >= 15 is 0 Å². The number of unbranched alkanes of at least 4 members (excludes halogenated alkanes) is 2. The van der Waals surface area contributed by atoms with E-state index in [1.807, 2.05) is 0 Å². The molecule has 3 rings (SSSR count). The molecular formula is C19H29ClN4O3S. The number of amides is 1. The Labute approximate surface area is 173 Å². The maximum absolute atomic E-state index is 12.1. The average Bonchev–Trinajstić information content (AvgIpc) is 2.91. The van der Waals surface area contributed by atoms with E-state index in [4.69, 9.17) is 0 Å². The molecule has 0 bridgehead atoms. The van der Waals surface area contributed by atoms with Gasteiger partial charge in [0.1, 0.15) is 5.84 Å². The molecule has 7 nitrogen and oxygen atoms in total. The molecule has 156 valence electrons. The summed E-state index contributed by atoms with van der Waals surface area (Å²) in [6.45, 7) is 3.67. The summed E-state index contributed by atoms with van der Waals surface area (Å²) in [4.78, 5) is 16.7. The molecule has 1 amide bonds. The Balaban J connectivity index is 0.00000280. The van der Waals surface area contributed by atoms with Crippen molar-refractivity contribution in [1.82, 2.24) is 15.4 Å². The molecule has 3 N–H and O–H groups in total. The molecule has 2 aliphatic rings. The van der Waals surface area contributed by atoms with E-state index < -0.39 is 10.0 Å². The van der Waals surface area contributed by atoms with Crippen LogP contribution in [0.15, 0.2) is 34.2 Å². The molecule has 1 fully saturated rings. The standard InChI is InChI=1S/C19H28N4O3S.ClH/c1-14-16(9-7-13-20-14)22-18(24)11-3-2-6-12-21-19-15-8-4-5-10-17(15)27(25,26)23-19;/h4-5,8,10,14,16,20H,2-3,6-7,9,11-13H2,1H3,(H,21,23)(H,22,24);1H. The monoisotopic (exact) mass is 428 g/mol. The minimum Gasteiger partial charge on any atom is -0.352 e. The molecule has 1 saturated heterocycles. The Hall–Kier alpha value is -1.64. The summed E-state index contributed by atoms with van der Waals surface area (Å²) < 4.78 is 26.5. The van der Waals surface area contributed by atoms with Crippen LogP contribution >= 0.6 is 12.4 Å². The van der Waals surface area contributed by atoms with Crippen molar-refractivity contribution in [3.8, 4) is 0 Å². The lowest BCUT2D eigenvalue weighted by Crippen LogP contribution is -2.51. The zero-order valence-corrected chi connectivity index (χ0v) is 17.7. The Kier molecular flexibility index (Phi) is 8.27. The number of halogens is 1. The van der Waals surface area contributed by atoms with Gasteiger partial charge in [0.2, 0.25) is 5.91 Å². The summed E-state index contributed by atoms with van der Waals surface area (Å²) in [5.41, 5.74) is 0.632. The molecule has 2 atom stereocenters. The van der Waals surface area contributed by atoms with Crippen molar-refractivity contribution in [2.24, 2.45) is 4.99 Å². The quantitative estimate of drug-likeness (QED) is 0.578. The lowest BCUT2D eigenvalue weighted by Gasteiger charge is -2.30. The lowest BCUT2D eigenvalue weighted by atomic mass is 9.99. The minimum absolute atomic E-state index is 0. The highest BCUT2D eigenvalue weighted by Crippen LogP contribution is 2.22. The molecule has 2 heterocycles. The van der Waals surface area contributed by atoms with Crippen LogP contribution in [-0.2, 0) is 14.8 Å². The zero-order valence-electron chi connectivity index (χ0n) is 16.1. The van der Waals surface area contributed by atoms with E-state index in [0.717, 1.165) is 38.6 Å². The van der Waals surface area contributed by atoms with Gasteiger partial charge in [0.05, 0.1) is 4.90 Å². The fourth-order valence-electron chi connectivity index (χ4n) is 3.54. The minimum atomic E-state index is -3.47. The first kappa shape index (κ1) is 22.6. The smallest absolute Gasteiger partial charge is 0.263 e. The molecule has 0 radical (unpaired) electrons. The largest absolute Gasteiger partial charge is 0.352 e. The van der Waals surface area contributed by atoms with Crippen LogP contribution in [0.2, 0.25) is 0 Å². The molecule has 2 unspecified atom stereocenters. The molecular weight excluding hydrogens is 400 g/mol. The molecule has 0 aromatic heterocycles. The van der Waals surface area contributed by atoms with Crippen molar-refractivity contribution in [3.05, 3.63) is 29.8 Å². The Morgan fingerprint density at radius 1 is 1.25 bits per heavy atom. The van der Waals surface area contributed by atoms with E-state index in [1.165, 1.54) is 0 Å². The number of sulfonamides is 1. The summed E-state index contributed by atoms with van der Waals surface area (Å²) in [6.07, 6.45) is 5.18. The van der Waals surface area contributed by atoms with Crippen LogP contribution in [0.5, 0.6) is 0 Å². The van der Waals surface area contributed by atoms with Crippen LogP contribution in [0, 0.1) is 0 Å². The molecule has 1 aromatic rings. The fourth-order valence-corrected chi connectivity index (χ4v) is 4.79. The summed E-state index contributed by atoms with van der Waals surface area (Å²) in [5.74, 6) is 0.529. The zero-order chi connectivity index (χ0) is 19.3. The van der Waals surface area contributed by atoms with Crippen LogP contribution < -0.4 is 15.4 Å². The van der Waals surface area contributed by atoms with Crippen molar-refractivity contribution in [1.29, 1.82) is 0 Å². The van der Waals surface area contributed by atoms with E-state index in [0.29, 0.717) is 30.4 Å². The highest BCUT2D eigenvalue weighted by atomic mass is 35.5. The van der Waals surface area contributed by atoms with Crippen LogP contribution in [0.1, 0.15) is 51.0 Å². The first-order valence-corrected chi connectivity index (χ1v) is 11.1. The maximum Gasteiger partial charge on any atom is 0.263 e. The number of hydrogen-bond acceptors (Lipinski definition) is 5. The second kappa shape index (κ2) is 10.2. The van der Waals surface area contributed by atoms with Crippen molar-refractivity contribution < 1.29 is 13.2 Å². The number of hydrogen-bond donors (Lipinski definition) is 3. The molecule has 28 heavy (non-hydrogen) atoms. The molecule has 0 aliphatic carbocycles. The predicted molar refractivity (Wildman–Crippen MR) is 113 cm³/mol. The van der Waals surface area contributed by atoms with Crippen molar-refractivity contribution in [2.45, 2.75) is 62.4 Å². The topological polar surface area (TPSA) is 99.7 Å². The molecule has 0 spiro atoms. The van der Waals surface area contributed by atoms with Crippen LogP contribution in [0.25, 0.3) is 0 Å². The van der Waals surface area contributed by atoms with Gasteiger partial charge >= 0.3 is 0 Å². The fraction of sp³-hybridized carbons (Fsp3) is 0.579. The normalized spacial score (nSPS) is 24.1. The molecule has 9 heteroatoms. The number of nitrogens with zero attached hydrogens (tertiary/aromatic N) is 1. The number of amidine groups is 1. The van der Waals surface area contributed by atoms with Gasteiger partial charge in [-0.1, -0.05) is 18.6 Å². The van der Waals surface area contributed by atoms with Crippen molar-refractivity contribution >= 4 is 34.2 Å². The average molecular weight is 429 g/mol. The number of nitrogens with one attached hydrogen (secondary N) is 3. The highest BCUT2D eigenvalue weighted by Gasteiger charge is 2.29. The van der Waals surface area contributed by atoms with Crippen LogP contribution in [-0.4, -0.2) is 45.3 Å². The molecule has 0 saturated carbocycles. The second-order valence-corrected chi connectivity index (χ2v) is 8.85. The summed E-state index contributed by atoms with van der Waals surface area (Å²) in [6, 6.07) is 7.41. The number of fused-ring (bicyclic) bond motifs is 1. The maximum atomic E-state index is 12.1. The van der Waals surface area contributed by atoms with Crippen molar-refractivity contribution in [3.63, 3.8) is 0 Å². The third-order valence-corrected chi connectivity index (χ3v) is 6.50. The highest BCUT2D eigenvalue weighted by molar-refractivity contribution is 7.90. The first-order valence-electron chi connectivity index (χ1n) is 9.67. The summed E-state index contributed by atoms with van der Waals surface area (Å²) >= 11 is 0. The number of benzene rings is 1. The van der Waals surface area contributed by atoms with Crippen LogP contribution in [0.3, 0.4) is 0 Å². The van der Waals surface area contributed by atoms with Gasteiger partial charge in [-0.3, -0.25) is 14.5 Å². The third kappa shape index (κ3) is 5.68. The Bertz CT molecular complexity index is 813. The van der Waals surface area contributed by atoms with Gasteiger partial charge in [-0.15, -0.1) is 12.4 Å². The number of aliphatic imine (C=N–C) groups is 1. The first-order chi connectivity index (χ1) is 13.0. The van der Waals surface area contributed by atoms with Crippen molar-refractivity contribution in [2.75, 3.05) is 13.1 Å². The lowest BCUT2D eigenvalue weighted by molar-refractivity contribution is -0.122. The molecule has 1 aromatic carbocycles. The van der Waals surface area contributed by atoms with Gasteiger partial charge in [-0.2, -0.15) is 0 Å². The van der Waals surface area contributed by atoms with Gasteiger partial charge in [0.15, 0.2) is 0 Å². The van der Waals surface area contributed by atoms with Crippen LogP contribution in [0.4, 0.5) is 0 Å². The Morgan fingerprint density at radius 2 is 2.04 bits per heavy atom. The summed E-state index contributed by atoms with van der Waals surface area (Å²) in [5, 5.41) is 6.50. The van der Waals surface area contributed by atoms with E-state index in [2.05, 4.69) is 27.3 Å². The van der Waals surface area contributed by atoms with Gasteiger partial charge < -0.3 is 10.6 Å². The van der Waals surface area contributed by atoms with Gasteiger partial charge in [0.25, 0.3) is 10.0 Å². The Morgan fingerprint density at radius 3 is 2.82 bits per heavy atom. The number of rotatable bonds is 7. The van der Waals surface area contributed by atoms with E-state index in [-0.39, 0.29) is 29.3 Å². The number of carbonyl (C=O) groups excluding carboxylic acids is 1. The number of piperidine rings is 1. The van der Waals surface area contributed by atoms with E-state index in [1.54, 1.807) is 24.3 Å². The van der Waals surface area contributed by atoms with Gasteiger partial charge in [-0.05, 0) is 51.3 Å².